The van der Waals surface area contributed by atoms with Gasteiger partial charge < -0.3 is 5.32 Å². The lowest BCUT2D eigenvalue weighted by Crippen LogP contribution is -2.43. The van der Waals surface area contributed by atoms with Crippen molar-refractivity contribution < 1.29 is 9.59 Å². The number of hydrogen-bond donors (Lipinski definition) is 1. The summed E-state index contributed by atoms with van der Waals surface area (Å²) in [6, 6.07) is 0.197. The summed E-state index contributed by atoms with van der Waals surface area (Å²) < 4.78 is 1.91. The quantitative estimate of drug-likeness (QED) is 0.709. The van der Waals surface area contributed by atoms with E-state index in [4.69, 9.17) is 0 Å². The predicted octanol–water partition coefficient (Wildman–Crippen LogP) is -0.972. The number of nitrogens with zero attached hydrogens (tertiary/aromatic N) is 2. The Labute approximate surface area is 108 Å². The van der Waals surface area contributed by atoms with Crippen molar-refractivity contribution in [2.24, 2.45) is 7.05 Å². The highest BCUT2D eigenvalue weighted by Crippen LogP contribution is 2.18. The SMILES string of the molecule is CC(=O)c1cn(CC(=O)NC2CC2)c(=O)n(C)c1=O. The van der Waals surface area contributed by atoms with Gasteiger partial charge in [-0.2, -0.15) is 0 Å². The highest BCUT2D eigenvalue weighted by atomic mass is 16.2. The van der Waals surface area contributed by atoms with Crippen molar-refractivity contribution in [3.8, 4) is 0 Å². The van der Waals surface area contributed by atoms with Crippen molar-refractivity contribution >= 4 is 11.7 Å². The van der Waals surface area contributed by atoms with Crippen molar-refractivity contribution in [2.75, 3.05) is 0 Å². The van der Waals surface area contributed by atoms with Gasteiger partial charge in [-0.05, 0) is 19.8 Å². The molecule has 0 spiro atoms. The van der Waals surface area contributed by atoms with Crippen LogP contribution in [0, 0.1) is 0 Å². The van der Waals surface area contributed by atoms with Crippen LogP contribution in [0.4, 0.5) is 0 Å². The first-order chi connectivity index (χ1) is 8.90. The van der Waals surface area contributed by atoms with Gasteiger partial charge in [-0.1, -0.05) is 0 Å². The van der Waals surface area contributed by atoms with E-state index in [0.29, 0.717) is 0 Å². The van der Waals surface area contributed by atoms with E-state index in [9.17, 15) is 19.2 Å². The van der Waals surface area contributed by atoms with Crippen LogP contribution in [0.25, 0.3) is 0 Å². The molecule has 1 amide bonds. The lowest BCUT2D eigenvalue weighted by Gasteiger charge is -2.09. The lowest BCUT2D eigenvalue weighted by molar-refractivity contribution is -0.121. The highest BCUT2D eigenvalue weighted by molar-refractivity contribution is 5.93. The van der Waals surface area contributed by atoms with Crippen molar-refractivity contribution in [3.05, 3.63) is 32.6 Å². The summed E-state index contributed by atoms with van der Waals surface area (Å²) in [7, 11) is 1.28. The van der Waals surface area contributed by atoms with Crippen LogP contribution in [0.3, 0.4) is 0 Å². The van der Waals surface area contributed by atoms with E-state index >= 15 is 0 Å². The Morgan fingerprint density at radius 3 is 2.53 bits per heavy atom. The number of ketones is 1. The van der Waals surface area contributed by atoms with Gasteiger partial charge in [-0.3, -0.25) is 23.5 Å². The molecule has 1 N–H and O–H groups in total. The standard InChI is InChI=1S/C12H15N3O4/c1-7(16)9-5-15(12(19)14(2)11(9)18)6-10(17)13-8-3-4-8/h5,8H,3-4,6H2,1-2H3,(H,13,17). The van der Waals surface area contributed by atoms with Crippen LogP contribution in [0.1, 0.15) is 30.1 Å². The molecular weight excluding hydrogens is 250 g/mol. The molecule has 7 nitrogen and oxygen atoms in total. The molecule has 1 heterocycles. The number of carbonyl (C=O) groups excluding carboxylic acids is 2. The van der Waals surface area contributed by atoms with Crippen LogP contribution in [-0.2, 0) is 18.4 Å². The minimum Gasteiger partial charge on any atom is -0.352 e. The molecule has 1 aromatic heterocycles. The second-order valence-electron chi connectivity index (χ2n) is 4.72. The van der Waals surface area contributed by atoms with E-state index in [1.54, 1.807) is 0 Å². The third kappa shape index (κ3) is 2.81. The number of nitrogens with one attached hydrogen (secondary N) is 1. The molecule has 1 aliphatic carbocycles. The Balaban J connectivity index is 2.33. The Hall–Kier alpha value is -2.18. The molecule has 0 bridgehead atoms. The maximum atomic E-state index is 11.8. The molecule has 1 aromatic rings. The Morgan fingerprint density at radius 2 is 2.00 bits per heavy atom. The summed E-state index contributed by atoms with van der Waals surface area (Å²) in [4.78, 5) is 46.5. The monoisotopic (exact) mass is 265 g/mol. The van der Waals surface area contributed by atoms with Gasteiger partial charge >= 0.3 is 5.69 Å². The number of amides is 1. The molecule has 19 heavy (non-hydrogen) atoms. The molecular formula is C12H15N3O4. The van der Waals surface area contributed by atoms with Crippen LogP contribution in [-0.4, -0.2) is 26.9 Å². The second kappa shape index (κ2) is 4.83. The molecule has 7 heteroatoms. The maximum Gasteiger partial charge on any atom is 0.331 e. The largest absolute Gasteiger partial charge is 0.352 e. The first-order valence-electron chi connectivity index (χ1n) is 6.01. The number of carbonyl (C=O) groups is 2. The highest BCUT2D eigenvalue weighted by Gasteiger charge is 2.23. The molecule has 102 valence electrons. The molecule has 0 radical (unpaired) electrons. The Kier molecular flexibility index (Phi) is 3.37. The molecule has 0 atom stereocenters. The van der Waals surface area contributed by atoms with Gasteiger partial charge in [-0.25, -0.2) is 4.79 Å². The number of aromatic nitrogens is 2. The third-order valence-corrected chi connectivity index (χ3v) is 2.99. The average molecular weight is 265 g/mol. The van der Waals surface area contributed by atoms with Gasteiger partial charge in [0, 0.05) is 19.3 Å². The zero-order valence-corrected chi connectivity index (χ0v) is 10.8. The van der Waals surface area contributed by atoms with Gasteiger partial charge in [0.15, 0.2) is 5.78 Å². The topological polar surface area (TPSA) is 90.2 Å². The Bertz CT molecular complexity index is 652. The van der Waals surface area contributed by atoms with E-state index in [1.807, 2.05) is 0 Å². The van der Waals surface area contributed by atoms with Gasteiger partial charge in [0.25, 0.3) is 5.56 Å². The molecule has 1 aliphatic rings. The summed E-state index contributed by atoms with van der Waals surface area (Å²) >= 11 is 0. The molecule has 1 fully saturated rings. The molecule has 2 rings (SSSR count). The zero-order valence-electron chi connectivity index (χ0n) is 10.8. The predicted molar refractivity (Wildman–Crippen MR) is 67.1 cm³/mol. The zero-order chi connectivity index (χ0) is 14.2. The third-order valence-electron chi connectivity index (χ3n) is 2.99. The number of Topliss-reactive ketones (excluding diaryl/α,β-unsaturated/α-hetero) is 1. The first kappa shape index (κ1) is 13.3. The van der Waals surface area contributed by atoms with E-state index < -0.39 is 17.0 Å². The number of hydrogen-bond acceptors (Lipinski definition) is 4. The normalized spacial score (nSPS) is 14.2. The van der Waals surface area contributed by atoms with Gasteiger partial charge in [0.2, 0.25) is 5.91 Å². The fourth-order valence-electron chi connectivity index (χ4n) is 1.74. The molecule has 0 aliphatic heterocycles. The van der Waals surface area contributed by atoms with Crippen LogP contribution in [0.2, 0.25) is 0 Å². The Morgan fingerprint density at radius 1 is 1.37 bits per heavy atom. The maximum absolute atomic E-state index is 11.8. The van der Waals surface area contributed by atoms with Gasteiger partial charge in [0.1, 0.15) is 6.54 Å². The summed E-state index contributed by atoms with van der Waals surface area (Å²) in [5.41, 5.74) is -1.35. The van der Waals surface area contributed by atoms with E-state index in [0.717, 1.165) is 28.2 Å². The van der Waals surface area contributed by atoms with Crippen LogP contribution in [0.5, 0.6) is 0 Å². The summed E-state index contributed by atoms with van der Waals surface area (Å²) in [6.45, 7) is 1.06. The molecule has 0 aromatic carbocycles. The molecule has 0 unspecified atom stereocenters. The van der Waals surface area contributed by atoms with Crippen LogP contribution < -0.4 is 16.6 Å². The second-order valence-corrected chi connectivity index (χ2v) is 4.72. The lowest BCUT2D eigenvalue weighted by atomic mass is 10.2. The van der Waals surface area contributed by atoms with Crippen molar-refractivity contribution in [2.45, 2.75) is 32.4 Å². The summed E-state index contributed by atoms with van der Waals surface area (Å²) in [6.07, 6.45) is 3.05. The van der Waals surface area contributed by atoms with E-state index in [2.05, 4.69) is 5.32 Å². The first-order valence-corrected chi connectivity index (χ1v) is 6.01. The van der Waals surface area contributed by atoms with E-state index in [1.165, 1.54) is 14.0 Å². The summed E-state index contributed by atoms with van der Waals surface area (Å²) in [5, 5.41) is 2.74. The molecule has 1 saturated carbocycles. The van der Waals surface area contributed by atoms with Crippen LogP contribution in [0.15, 0.2) is 15.8 Å². The summed E-state index contributed by atoms with van der Waals surface area (Å²) in [5.74, 6) is -0.727. The fraction of sp³-hybridized carbons (Fsp3) is 0.500. The van der Waals surface area contributed by atoms with Crippen molar-refractivity contribution in [3.63, 3.8) is 0 Å². The molecule has 0 saturated heterocycles. The van der Waals surface area contributed by atoms with Gasteiger partial charge in [-0.15, -0.1) is 0 Å². The fourth-order valence-corrected chi connectivity index (χ4v) is 1.74. The minimum atomic E-state index is -0.642. The van der Waals surface area contributed by atoms with Gasteiger partial charge in [0.05, 0.1) is 5.56 Å². The smallest absolute Gasteiger partial charge is 0.331 e. The van der Waals surface area contributed by atoms with Crippen LogP contribution >= 0.6 is 0 Å². The van der Waals surface area contributed by atoms with Crippen molar-refractivity contribution in [1.29, 1.82) is 0 Å². The van der Waals surface area contributed by atoms with Crippen molar-refractivity contribution in [1.82, 2.24) is 14.5 Å². The average Bonchev–Trinajstić information content (AvgIpc) is 3.13. The number of rotatable bonds is 4. The minimum absolute atomic E-state index is 0.0960. The van der Waals surface area contributed by atoms with E-state index in [-0.39, 0.29) is 24.1 Å².